The Hall–Kier alpha value is -0.120. The Labute approximate surface area is 114 Å². The Balaban J connectivity index is 2.14. The number of nitrogens with zero attached hydrogens (tertiary/aromatic N) is 2. The molecule has 1 unspecified atom stereocenters. The molecule has 1 aliphatic rings. The summed E-state index contributed by atoms with van der Waals surface area (Å²) < 4.78 is 0. The molecule has 0 aliphatic carbocycles. The molecule has 1 rings (SSSR count). The minimum Gasteiger partial charge on any atom is -0.315 e. The molecule has 1 saturated heterocycles. The fourth-order valence-electron chi connectivity index (χ4n) is 2.67. The highest BCUT2D eigenvalue weighted by Gasteiger charge is 2.21. The van der Waals surface area contributed by atoms with E-state index in [-0.39, 0.29) is 0 Å². The summed E-state index contributed by atoms with van der Waals surface area (Å²) in [5.74, 6) is 0. The molecule has 1 atom stereocenters. The van der Waals surface area contributed by atoms with Gasteiger partial charge in [0.25, 0.3) is 0 Å². The van der Waals surface area contributed by atoms with Gasteiger partial charge >= 0.3 is 0 Å². The van der Waals surface area contributed by atoms with Crippen LogP contribution in [0.4, 0.5) is 0 Å². The first-order chi connectivity index (χ1) is 8.50. The lowest BCUT2D eigenvalue weighted by atomic mass is 10.1. The average Bonchev–Trinajstić information content (AvgIpc) is 2.34. The van der Waals surface area contributed by atoms with Crippen LogP contribution in [0.3, 0.4) is 0 Å². The predicted octanol–water partition coefficient (Wildman–Crippen LogP) is 2.18. The van der Waals surface area contributed by atoms with Gasteiger partial charge in [0.05, 0.1) is 0 Å². The van der Waals surface area contributed by atoms with Crippen LogP contribution in [-0.4, -0.2) is 60.6 Å². The summed E-state index contributed by atoms with van der Waals surface area (Å²) in [6, 6.07) is 2.07. The van der Waals surface area contributed by atoms with Crippen molar-refractivity contribution in [3.05, 3.63) is 0 Å². The van der Waals surface area contributed by atoms with Crippen LogP contribution in [0.25, 0.3) is 0 Å². The summed E-state index contributed by atoms with van der Waals surface area (Å²) >= 11 is 0. The molecule has 18 heavy (non-hydrogen) atoms. The second-order valence-electron chi connectivity index (χ2n) is 6.27. The van der Waals surface area contributed by atoms with E-state index in [0.717, 1.165) is 12.6 Å². The van der Waals surface area contributed by atoms with Crippen molar-refractivity contribution < 1.29 is 0 Å². The van der Waals surface area contributed by atoms with E-state index in [4.69, 9.17) is 0 Å². The normalized spacial score (nSPS) is 20.8. The lowest BCUT2D eigenvalue weighted by Gasteiger charge is -2.39. The fourth-order valence-corrected chi connectivity index (χ4v) is 2.67. The SMILES string of the molecule is CC(C)NCCCC(C)N1CCN(C(C)C)CC1. The minimum absolute atomic E-state index is 0.620. The van der Waals surface area contributed by atoms with Crippen molar-refractivity contribution >= 4 is 0 Å². The molecular formula is C15H33N3. The molecule has 0 spiro atoms. The second kappa shape index (κ2) is 8.13. The zero-order chi connectivity index (χ0) is 13.5. The Morgan fingerprint density at radius 2 is 1.44 bits per heavy atom. The van der Waals surface area contributed by atoms with Crippen LogP contribution in [0.15, 0.2) is 0 Å². The van der Waals surface area contributed by atoms with E-state index in [1.54, 1.807) is 0 Å². The molecule has 3 nitrogen and oxygen atoms in total. The Morgan fingerprint density at radius 1 is 0.889 bits per heavy atom. The standard InChI is InChI=1S/C15H33N3/c1-13(2)16-8-6-7-15(5)18-11-9-17(10-12-18)14(3)4/h13-16H,6-12H2,1-5H3. The van der Waals surface area contributed by atoms with Crippen LogP contribution in [0.1, 0.15) is 47.5 Å². The topological polar surface area (TPSA) is 18.5 Å². The van der Waals surface area contributed by atoms with Crippen molar-refractivity contribution in [3.63, 3.8) is 0 Å². The Kier molecular flexibility index (Phi) is 7.20. The van der Waals surface area contributed by atoms with Gasteiger partial charge in [0.1, 0.15) is 0 Å². The number of rotatable bonds is 7. The minimum atomic E-state index is 0.620. The summed E-state index contributed by atoms with van der Waals surface area (Å²) in [5, 5.41) is 3.50. The number of nitrogens with one attached hydrogen (secondary N) is 1. The van der Waals surface area contributed by atoms with Gasteiger partial charge in [0.2, 0.25) is 0 Å². The number of hydrogen-bond donors (Lipinski definition) is 1. The summed E-state index contributed by atoms with van der Waals surface area (Å²) in [6.07, 6.45) is 2.62. The van der Waals surface area contributed by atoms with Crippen molar-refractivity contribution in [2.45, 2.75) is 65.6 Å². The van der Waals surface area contributed by atoms with Gasteiger partial charge in [-0.2, -0.15) is 0 Å². The molecule has 108 valence electrons. The van der Waals surface area contributed by atoms with Gasteiger partial charge in [-0.3, -0.25) is 9.80 Å². The summed E-state index contributed by atoms with van der Waals surface area (Å²) in [4.78, 5) is 5.25. The lowest BCUT2D eigenvalue weighted by Crippen LogP contribution is -2.51. The van der Waals surface area contributed by atoms with Crippen LogP contribution >= 0.6 is 0 Å². The van der Waals surface area contributed by atoms with Crippen molar-refractivity contribution in [2.75, 3.05) is 32.7 Å². The van der Waals surface area contributed by atoms with Crippen LogP contribution in [0.5, 0.6) is 0 Å². The first kappa shape index (κ1) is 15.9. The van der Waals surface area contributed by atoms with Crippen molar-refractivity contribution in [1.29, 1.82) is 0 Å². The van der Waals surface area contributed by atoms with Gasteiger partial charge < -0.3 is 5.32 Å². The lowest BCUT2D eigenvalue weighted by molar-refractivity contribution is 0.0800. The average molecular weight is 255 g/mol. The Bertz CT molecular complexity index is 208. The molecule has 0 saturated carbocycles. The van der Waals surface area contributed by atoms with E-state index >= 15 is 0 Å². The van der Waals surface area contributed by atoms with E-state index in [1.807, 2.05) is 0 Å². The van der Waals surface area contributed by atoms with Crippen molar-refractivity contribution in [1.82, 2.24) is 15.1 Å². The van der Waals surface area contributed by atoms with E-state index < -0.39 is 0 Å². The summed E-state index contributed by atoms with van der Waals surface area (Å²) in [7, 11) is 0. The molecule has 0 aromatic heterocycles. The third kappa shape index (κ3) is 5.68. The van der Waals surface area contributed by atoms with Crippen molar-refractivity contribution in [3.8, 4) is 0 Å². The molecule has 0 amide bonds. The summed E-state index contributed by atoms with van der Waals surface area (Å²) in [5.41, 5.74) is 0. The van der Waals surface area contributed by atoms with Crippen LogP contribution < -0.4 is 5.32 Å². The van der Waals surface area contributed by atoms with Crippen LogP contribution in [-0.2, 0) is 0 Å². The van der Waals surface area contributed by atoms with Gasteiger partial charge in [-0.05, 0) is 40.2 Å². The zero-order valence-electron chi connectivity index (χ0n) is 13.1. The summed E-state index contributed by atoms with van der Waals surface area (Å²) in [6.45, 7) is 17.6. The quantitative estimate of drug-likeness (QED) is 0.704. The van der Waals surface area contributed by atoms with Gasteiger partial charge in [-0.1, -0.05) is 13.8 Å². The molecule has 3 heteroatoms. The van der Waals surface area contributed by atoms with Gasteiger partial charge in [0.15, 0.2) is 0 Å². The van der Waals surface area contributed by atoms with E-state index in [0.29, 0.717) is 12.1 Å². The molecule has 1 aliphatic heterocycles. The van der Waals surface area contributed by atoms with Crippen LogP contribution in [0, 0.1) is 0 Å². The Morgan fingerprint density at radius 3 is 1.94 bits per heavy atom. The van der Waals surface area contributed by atoms with E-state index in [9.17, 15) is 0 Å². The molecule has 0 bridgehead atoms. The molecule has 0 aromatic rings. The highest BCUT2D eigenvalue weighted by molar-refractivity contribution is 4.78. The molecule has 1 N–H and O–H groups in total. The first-order valence-corrected chi connectivity index (χ1v) is 7.72. The number of hydrogen-bond acceptors (Lipinski definition) is 3. The van der Waals surface area contributed by atoms with Gasteiger partial charge in [0, 0.05) is 44.3 Å². The fraction of sp³-hybridized carbons (Fsp3) is 1.00. The largest absolute Gasteiger partial charge is 0.315 e. The monoisotopic (exact) mass is 255 g/mol. The van der Waals surface area contributed by atoms with Crippen LogP contribution in [0.2, 0.25) is 0 Å². The maximum atomic E-state index is 3.50. The molecule has 1 heterocycles. The van der Waals surface area contributed by atoms with E-state index in [1.165, 1.54) is 39.0 Å². The molecule has 1 fully saturated rings. The second-order valence-corrected chi connectivity index (χ2v) is 6.27. The smallest absolute Gasteiger partial charge is 0.0113 e. The predicted molar refractivity (Wildman–Crippen MR) is 80.1 cm³/mol. The number of piperazine rings is 1. The molecular weight excluding hydrogens is 222 g/mol. The maximum Gasteiger partial charge on any atom is 0.0113 e. The molecule has 0 aromatic carbocycles. The van der Waals surface area contributed by atoms with E-state index in [2.05, 4.69) is 49.7 Å². The van der Waals surface area contributed by atoms with Gasteiger partial charge in [-0.25, -0.2) is 0 Å². The highest BCUT2D eigenvalue weighted by Crippen LogP contribution is 2.12. The molecule has 0 radical (unpaired) electrons. The highest BCUT2D eigenvalue weighted by atomic mass is 15.3. The van der Waals surface area contributed by atoms with Crippen molar-refractivity contribution in [2.24, 2.45) is 0 Å². The first-order valence-electron chi connectivity index (χ1n) is 7.72. The zero-order valence-corrected chi connectivity index (χ0v) is 13.1. The third-order valence-corrected chi connectivity index (χ3v) is 4.05. The van der Waals surface area contributed by atoms with Gasteiger partial charge in [-0.15, -0.1) is 0 Å². The third-order valence-electron chi connectivity index (χ3n) is 4.05. The maximum absolute atomic E-state index is 3.50.